The zero-order chi connectivity index (χ0) is 18.9. The van der Waals surface area contributed by atoms with E-state index in [-0.39, 0.29) is 0 Å². The molecule has 1 atom stereocenters. The molecule has 0 aliphatic carbocycles. The van der Waals surface area contributed by atoms with Crippen LogP contribution in [0.4, 0.5) is 0 Å². The second-order valence-corrected chi connectivity index (χ2v) is 6.24. The Morgan fingerprint density at radius 2 is 1.69 bits per heavy atom. The Labute approximate surface area is 154 Å². The zero-order valence-electron chi connectivity index (χ0n) is 15.8. The normalized spacial score (nSPS) is 11.9. The Morgan fingerprint density at radius 3 is 2.27 bits per heavy atom. The molecule has 140 valence electrons. The lowest BCUT2D eigenvalue weighted by molar-refractivity contribution is 0.261. The van der Waals surface area contributed by atoms with Crippen molar-refractivity contribution < 1.29 is 14.2 Å². The first-order valence-electron chi connectivity index (χ1n) is 8.48. The molecule has 0 N–H and O–H groups in total. The number of hydrogen-bond acceptors (Lipinski definition) is 6. The van der Waals surface area contributed by atoms with E-state index >= 15 is 0 Å². The summed E-state index contributed by atoms with van der Waals surface area (Å²) in [6.45, 7) is 1.49. The van der Waals surface area contributed by atoms with Crippen molar-refractivity contribution in [2.45, 2.75) is 12.5 Å². The van der Waals surface area contributed by atoms with Gasteiger partial charge in [-0.2, -0.15) is 4.91 Å². The summed E-state index contributed by atoms with van der Waals surface area (Å²) in [5.41, 5.74) is 1.81. The predicted molar refractivity (Wildman–Crippen MR) is 102 cm³/mol. The van der Waals surface area contributed by atoms with Gasteiger partial charge in [0, 0.05) is 13.0 Å². The molecule has 0 spiro atoms. The summed E-state index contributed by atoms with van der Waals surface area (Å²) in [4.78, 5) is 13.5. The third-order valence-corrected chi connectivity index (χ3v) is 4.08. The van der Waals surface area contributed by atoms with Gasteiger partial charge in [0.15, 0.2) is 11.5 Å². The van der Waals surface area contributed by atoms with Crippen molar-refractivity contribution >= 4 is 0 Å². The highest BCUT2D eigenvalue weighted by Gasteiger charge is 2.16. The third kappa shape index (κ3) is 5.46. The highest BCUT2D eigenvalue weighted by Crippen LogP contribution is 2.32. The summed E-state index contributed by atoms with van der Waals surface area (Å²) in [7, 11) is 7.16. The number of hydrogen-bond donors (Lipinski definition) is 0. The summed E-state index contributed by atoms with van der Waals surface area (Å²) in [6, 6.07) is 12.7. The molecule has 0 bridgehead atoms. The maximum absolute atomic E-state index is 11.4. The first kappa shape index (κ1) is 19.7. The first-order valence-corrected chi connectivity index (χ1v) is 8.48. The molecular weight excluding hydrogens is 332 g/mol. The lowest BCUT2D eigenvalue weighted by atomic mass is 9.99. The van der Waals surface area contributed by atoms with E-state index in [4.69, 9.17) is 14.2 Å². The van der Waals surface area contributed by atoms with Crippen LogP contribution in [-0.2, 0) is 6.42 Å². The van der Waals surface area contributed by atoms with Crippen LogP contribution in [0.5, 0.6) is 17.2 Å². The molecule has 0 aliphatic rings. The van der Waals surface area contributed by atoms with Crippen molar-refractivity contribution in [3.8, 4) is 17.2 Å². The van der Waals surface area contributed by atoms with Crippen LogP contribution in [0.25, 0.3) is 0 Å². The van der Waals surface area contributed by atoms with E-state index in [1.54, 1.807) is 26.4 Å². The van der Waals surface area contributed by atoms with E-state index in [0.717, 1.165) is 23.4 Å². The summed E-state index contributed by atoms with van der Waals surface area (Å²) in [5.74, 6) is 2.03. The minimum atomic E-state index is -0.490. The van der Waals surface area contributed by atoms with Crippen molar-refractivity contribution in [1.29, 1.82) is 0 Å². The lowest BCUT2D eigenvalue weighted by Crippen LogP contribution is -2.19. The van der Waals surface area contributed by atoms with Gasteiger partial charge in [-0.1, -0.05) is 23.4 Å². The Hall–Kier alpha value is -2.60. The highest BCUT2D eigenvalue weighted by molar-refractivity contribution is 5.44. The van der Waals surface area contributed by atoms with Crippen molar-refractivity contribution in [3.63, 3.8) is 0 Å². The number of likely N-dealkylation sites (N-methyl/N-ethyl adjacent to an activating group) is 1. The highest BCUT2D eigenvalue weighted by atomic mass is 16.5. The van der Waals surface area contributed by atoms with Crippen molar-refractivity contribution in [2.75, 3.05) is 41.5 Å². The molecule has 2 aromatic rings. The van der Waals surface area contributed by atoms with Gasteiger partial charge in [0.2, 0.25) is 0 Å². The van der Waals surface area contributed by atoms with Gasteiger partial charge in [0.1, 0.15) is 18.4 Å². The Morgan fingerprint density at radius 1 is 1.00 bits per heavy atom. The standard InChI is InChI=1S/C20H26N2O4/c1-22(2)11-12-26-17-8-5-15(6-9-17)13-18(21-23)16-7-10-19(24-3)20(14-16)25-4/h5-10,14,18H,11-13H2,1-4H3. The van der Waals surface area contributed by atoms with E-state index in [1.807, 2.05) is 44.4 Å². The number of nitrogens with zero attached hydrogens (tertiary/aromatic N) is 2. The van der Waals surface area contributed by atoms with Crippen LogP contribution in [0, 0.1) is 4.91 Å². The molecule has 0 saturated carbocycles. The average molecular weight is 358 g/mol. The van der Waals surface area contributed by atoms with Gasteiger partial charge < -0.3 is 19.1 Å². The minimum Gasteiger partial charge on any atom is -0.493 e. The number of methoxy groups -OCH3 is 2. The summed E-state index contributed by atoms with van der Waals surface area (Å²) < 4.78 is 16.2. The van der Waals surface area contributed by atoms with Crippen LogP contribution < -0.4 is 14.2 Å². The second-order valence-electron chi connectivity index (χ2n) is 6.24. The summed E-state index contributed by atoms with van der Waals surface area (Å²) in [6.07, 6.45) is 0.511. The fourth-order valence-corrected chi connectivity index (χ4v) is 2.57. The molecule has 6 nitrogen and oxygen atoms in total. The van der Waals surface area contributed by atoms with Gasteiger partial charge in [-0.05, 0) is 49.5 Å². The molecule has 2 aromatic carbocycles. The molecule has 0 amide bonds. The fourth-order valence-electron chi connectivity index (χ4n) is 2.57. The molecule has 0 aromatic heterocycles. The number of ether oxygens (including phenoxy) is 3. The largest absolute Gasteiger partial charge is 0.493 e. The summed E-state index contributed by atoms with van der Waals surface area (Å²) >= 11 is 0. The van der Waals surface area contributed by atoms with E-state index in [1.165, 1.54) is 0 Å². The molecule has 0 heterocycles. The molecule has 1 unspecified atom stereocenters. The van der Waals surface area contributed by atoms with Gasteiger partial charge in [-0.3, -0.25) is 0 Å². The van der Waals surface area contributed by atoms with Crippen molar-refractivity contribution in [1.82, 2.24) is 4.90 Å². The van der Waals surface area contributed by atoms with E-state index < -0.39 is 6.04 Å². The van der Waals surface area contributed by atoms with E-state index in [0.29, 0.717) is 24.5 Å². The molecular formula is C20H26N2O4. The molecule has 0 saturated heterocycles. The molecule has 2 rings (SSSR count). The third-order valence-electron chi connectivity index (χ3n) is 4.08. The molecule has 0 fully saturated rings. The number of rotatable bonds is 10. The van der Waals surface area contributed by atoms with Crippen molar-refractivity contribution in [3.05, 3.63) is 58.5 Å². The SMILES string of the molecule is COc1ccc(C(Cc2ccc(OCCN(C)C)cc2)N=O)cc1OC. The topological polar surface area (TPSA) is 60.4 Å². The molecule has 26 heavy (non-hydrogen) atoms. The monoisotopic (exact) mass is 358 g/mol. The second kappa shape index (κ2) is 9.77. The zero-order valence-corrected chi connectivity index (χ0v) is 15.8. The van der Waals surface area contributed by atoms with Gasteiger partial charge in [0.25, 0.3) is 0 Å². The van der Waals surface area contributed by atoms with Crippen LogP contribution in [-0.4, -0.2) is 46.4 Å². The van der Waals surface area contributed by atoms with Crippen LogP contribution in [0.15, 0.2) is 47.6 Å². The van der Waals surface area contributed by atoms with Gasteiger partial charge in [-0.25, -0.2) is 0 Å². The molecule has 0 aliphatic heterocycles. The average Bonchev–Trinajstić information content (AvgIpc) is 2.66. The lowest BCUT2D eigenvalue weighted by Gasteiger charge is -2.14. The van der Waals surface area contributed by atoms with Gasteiger partial charge in [-0.15, -0.1) is 0 Å². The Kier molecular flexibility index (Phi) is 7.41. The maximum atomic E-state index is 11.4. The first-order chi connectivity index (χ1) is 12.6. The quantitative estimate of drug-likeness (QED) is 0.606. The van der Waals surface area contributed by atoms with Gasteiger partial charge in [0.05, 0.1) is 14.2 Å². The Bertz CT molecular complexity index is 701. The Balaban J connectivity index is 2.04. The van der Waals surface area contributed by atoms with Crippen LogP contribution >= 0.6 is 0 Å². The fraction of sp³-hybridized carbons (Fsp3) is 0.400. The van der Waals surface area contributed by atoms with Crippen LogP contribution in [0.3, 0.4) is 0 Å². The van der Waals surface area contributed by atoms with Crippen LogP contribution in [0.1, 0.15) is 17.2 Å². The van der Waals surface area contributed by atoms with E-state index in [9.17, 15) is 4.91 Å². The maximum Gasteiger partial charge on any atom is 0.161 e. The van der Waals surface area contributed by atoms with E-state index in [2.05, 4.69) is 10.1 Å². The van der Waals surface area contributed by atoms with Gasteiger partial charge >= 0.3 is 0 Å². The molecule has 0 radical (unpaired) electrons. The number of nitroso groups, excluding NO2 is 1. The summed E-state index contributed by atoms with van der Waals surface area (Å²) in [5, 5.41) is 3.29. The molecule has 6 heteroatoms. The van der Waals surface area contributed by atoms with Crippen molar-refractivity contribution in [2.24, 2.45) is 5.18 Å². The smallest absolute Gasteiger partial charge is 0.161 e. The van der Waals surface area contributed by atoms with Crippen LogP contribution in [0.2, 0.25) is 0 Å². The number of benzene rings is 2. The minimum absolute atomic E-state index is 0.490. The predicted octanol–water partition coefficient (Wildman–Crippen LogP) is 3.69.